The van der Waals surface area contributed by atoms with Crippen molar-refractivity contribution in [3.8, 4) is 0 Å². The van der Waals surface area contributed by atoms with Crippen LogP contribution in [0.25, 0.3) is 0 Å². The van der Waals surface area contributed by atoms with E-state index in [-0.39, 0.29) is 13.2 Å². The lowest BCUT2D eigenvalue weighted by Crippen LogP contribution is -2.68. The van der Waals surface area contributed by atoms with E-state index in [1.54, 1.807) is 0 Å². The molecular formula is C14H25N2O19S3-3. The van der Waals surface area contributed by atoms with Crippen LogP contribution in [0.2, 0.25) is 0 Å². The molecule has 0 aromatic heterocycles. The van der Waals surface area contributed by atoms with E-state index in [1.807, 2.05) is 0 Å². The molecule has 0 aromatic carbocycles. The molecule has 2 heterocycles. The monoisotopic (exact) mass is 621 g/mol. The minimum absolute atomic E-state index is 0.0889. The molecule has 38 heavy (non-hydrogen) atoms. The predicted molar refractivity (Wildman–Crippen MR) is 109 cm³/mol. The van der Waals surface area contributed by atoms with Crippen LogP contribution in [0.5, 0.6) is 0 Å². The molecule has 10 atom stereocenters. The highest BCUT2D eigenvalue weighted by atomic mass is 32.3. The molecule has 2 aliphatic heterocycles. The maximum Gasteiger partial charge on any atom is 0.217 e. The van der Waals surface area contributed by atoms with Gasteiger partial charge in [0.1, 0.15) is 48.8 Å². The van der Waals surface area contributed by atoms with Gasteiger partial charge in [0.2, 0.25) is 20.8 Å². The average Bonchev–Trinajstić information content (AvgIpc) is 2.77. The first-order valence-electron chi connectivity index (χ1n) is 10.3. The van der Waals surface area contributed by atoms with Gasteiger partial charge in [0.15, 0.2) is 22.9 Å². The molecule has 2 rings (SSSR count). The quantitative estimate of drug-likeness (QED) is 0.0821. The molecule has 2 fully saturated rings. The lowest BCUT2D eigenvalue weighted by Gasteiger charge is -2.47. The second-order valence-electron chi connectivity index (χ2n) is 7.79. The van der Waals surface area contributed by atoms with Crippen LogP contribution in [0.4, 0.5) is 0 Å². The van der Waals surface area contributed by atoms with Crippen molar-refractivity contribution in [3.05, 3.63) is 0 Å². The molecule has 0 unspecified atom stereocenters. The number of hydrogen-bond donors (Lipinski definition) is 6. The lowest BCUT2D eigenvalue weighted by molar-refractivity contribution is -0.345. The fourth-order valence-electron chi connectivity index (χ4n) is 3.46. The summed E-state index contributed by atoms with van der Waals surface area (Å²) in [7, 11) is -16.1. The zero-order valence-corrected chi connectivity index (χ0v) is 21.3. The van der Waals surface area contributed by atoms with Gasteiger partial charge in [-0.05, 0) is 0 Å². The van der Waals surface area contributed by atoms with E-state index in [2.05, 4.69) is 8.37 Å². The summed E-state index contributed by atoms with van der Waals surface area (Å²) in [6.07, 6.45) is -18.2. The Kier molecular flexibility index (Phi) is 11.7. The number of aliphatic hydroxyl groups excluding tert-OH is 4. The average molecular weight is 622 g/mol. The molecule has 7 N–H and O–H groups in total. The third-order valence-corrected chi connectivity index (χ3v) is 6.48. The molecule has 24 heteroatoms. The number of nitrogens with one attached hydrogen (secondary N) is 1. The maximum absolute atomic E-state index is 11.3. The van der Waals surface area contributed by atoms with Gasteiger partial charge in [0.05, 0.1) is 19.8 Å². The summed E-state index contributed by atoms with van der Waals surface area (Å²) in [5, 5.41) is 41.4. The molecule has 0 aliphatic carbocycles. The SMILES string of the molecule is NCCO[C@@H]1O[C@H](COS(=O)(=O)[O-])[C@@H](O[C@H]2O[C@H](COS(=O)(=O)[O-])[C@@H](O)[C@H](O)[C@H]2NS(=O)(=O)[O-])[C@H](O)[C@H]1O. The van der Waals surface area contributed by atoms with Crippen LogP contribution in [0.3, 0.4) is 0 Å². The van der Waals surface area contributed by atoms with Crippen molar-refractivity contribution >= 4 is 31.1 Å². The molecule has 226 valence electrons. The lowest BCUT2D eigenvalue weighted by atomic mass is 9.96. The van der Waals surface area contributed by atoms with E-state index in [4.69, 9.17) is 24.7 Å². The number of ether oxygens (including phenoxy) is 4. The zero-order chi connectivity index (χ0) is 29.1. The topological polar surface area (TPSA) is 346 Å². The Bertz CT molecular complexity index is 1080. The number of rotatable bonds is 13. The molecule has 0 saturated carbocycles. The van der Waals surface area contributed by atoms with Gasteiger partial charge in [-0.2, -0.15) is 0 Å². The Morgan fingerprint density at radius 3 is 1.79 bits per heavy atom. The van der Waals surface area contributed by atoms with Crippen molar-refractivity contribution in [3.63, 3.8) is 0 Å². The van der Waals surface area contributed by atoms with Gasteiger partial charge in [-0.25, -0.2) is 30.0 Å². The van der Waals surface area contributed by atoms with Gasteiger partial charge in [0, 0.05) is 6.54 Å². The van der Waals surface area contributed by atoms with E-state index in [0.717, 1.165) is 0 Å². The third kappa shape index (κ3) is 10.0. The smallest absolute Gasteiger partial charge is 0.217 e. The predicted octanol–water partition coefficient (Wildman–Crippen LogP) is -7.39. The highest BCUT2D eigenvalue weighted by Gasteiger charge is 2.52. The molecular weight excluding hydrogens is 596 g/mol. The zero-order valence-electron chi connectivity index (χ0n) is 18.8. The third-order valence-electron chi connectivity index (χ3n) is 5.07. The summed E-state index contributed by atoms with van der Waals surface area (Å²) >= 11 is 0. The van der Waals surface area contributed by atoms with Gasteiger partial charge < -0.3 is 58.8 Å². The second-order valence-corrected chi connectivity index (χ2v) is 11.0. The summed E-state index contributed by atoms with van der Waals surface area (Å²) in [6.45, 7) is -2.75. The molecule has 0 spiro atoms. The summed E-state index contributed by atoms with van der Waals surface area (Å²) in [4.78, 5) is 0. The van der Waals surface area contributed by atoms with Crippen molar-refractivity contribution in [1.82, 2.24) is 4.72 Å². The van der Waals surface area contributed by atoms with Crippen LogP contribution in [0, 0.1) is 0 Å². The molecule has 0 radical (unpaired) electrons. The van der Waals surface area contributed by atoms with Crippen LogP contribution in [-0.2, 0) is 58.4 Å². The van der Waals surface area contributed by atoms with Crippen molar-refractivity contribution < 1.29 is 86.7 Å². The van der Waals surface area contributed by atoms with Crippen LogP contribution >= 0.6 is 0 Å². The summed E-state index contributed by atoms with van der Waals surface area (Å²) < 4.78 is 129. The van der Waals surface area contributed by atoms with Crippen molar-refractivity contribution in [1.29, 1.82) is 0 Å². The summed E-state index contributed by atoms with van der Waals surface area (Å²) in [5.41, 5.74) is 5.28. The fraction of sp³-hybridized carbons (Fsp3) is 1.00. The van der Waals surface area contributed by atoms with Crippen LogP contribution in [0.1, 0.15) is 0 Å². The van der Waals surface area contributed by atoms with Gasteiger partial charge in [-0.1, -0.05) is 0 Å². The van der Waals surface area contributed by atoms with E-state index in [1.165, 1.54) is 4.72 Å². The van der Waals surface area contributed by atoms with Gasteiger partial charge in [0.25, 0.3) is 0 Å². The van der Waals surface area contributed by atoms with Crippen molar-refractivity contribution in [2.24, 2.45) is 5.73 Å². The minimum Gasteiger partial charge on any atom is -0.735 e. The van der Waals surface area contributed by atoms with E-state index in [9.17, 15) is 59.3 Å². The molecule has 2 aliphatic rings. The van der Waals surface area contributed by atoms with E-state index in [0.29, 0.717) is 0 Å². The van der Waals surface area contributed by atoms with Crippen LogP contribution in [-0.4, -0.2) is 147 Å². The van der Waals surface area contributed by atoms with Crippen LogP contribution < -0.4 is 10.5 Å². The Morgan fingerprint density at radius 2 is 1.29 bits per heavy atom. The first kappa shape index (κ1) is 33.5. The van der Waals surface area contributed by atoms with Gasteiger partial charge in [-0.15, -0.1) is 0 Å². The van der Waals surface area contributed by atoms with Gasteiger partial charge in [-0.3, -0.25) is 8.37 Å². The second kappa shape index (κ2) is 13.3. The molecule has 0 aromatic rings. The number of hydrogen-bond acceptors (Lipinski definition) is 20. The molecule has 0 amide bonds. The summed E-state index contributed by atoms with van der Waals surface area (Å²) in [6, 6.07) is -2.19. The molecule has 2 saturated heterocycles. The first-order chi connectivity index (χ1) is 17.3. The van der Waals surface area contributed by atoms with Crippen LogP contribution in [0.15, 0.2) is 0 Å². The minimum atomic E-state index is -5.42. The largest absolute Gasteiger partial charge is 0.735 e. The highest BCUT2D eigenvalue weighted by molar-refractivity contribution is 7.83. The summed E-state index contributed by atoms with van der Waals surface area (Å²) in [5.74, 6) is 0. The number of nitrogens with two attached hydrogens (primary N) is 1. The maximum atomic E-state index is 11.3. The molecule has 0 bridgehead atoms. The van der Waals surface area contributed by atoms with E-state index >= 15 is 0 Å². The van der Waals surface area contributed by atoms with Gasteiger partial charge >= 0.3 is 0 Å². The van der Waals surface area contributed by atoms with Crippen molar-refractivity contribution in [2.45, 2.75) is 61.3 Å². The Morgan fingerprint density at radius 1 is 0.763 bits per heavy atom. The fourth-order valence-corrected chi connectivity index (χ4v) is 4.65. The number of aliphatic hydroxyl groups is 4. The Balaban J connectivity index is 2.38. The highest BCUT2D eigenvalue weighted by Crippen LogP contribution is 2.30. The first-order valence-corrected chi connectivity index (χ1v) is 14.3. The Labute approximate surface area is 216 Å². The van der Waals surface area contributed by atoms with Crippen molar-refractivity contribution in [2.75, 3.05) is 26.4 Å². The standard InChI is InChI=1S/C14H28N2O19S3/c15-1-2-30-14-11(20)10(19)12(6(34-14)4-32-38(27,28)29)35-13-7(16-36(21,22)23)9(18)8(17)5(33-13)3-31-37(24,25)26/h5-14,16-20H,1-4,15H2,(H,21,22,23)(H,24,25,26)(H,27,28,29)/p-3/t5-,6-,7-,8-,9-,10-,11-,12-,13-,14-/m1/s1. The van der Waals surface area contributed by atoms with E-state index < -0.39 is 106 Å². The molecule has 21 nitrogen and oxygen atoms in total. The normalized spacial score (nSPS) is 37.3. The Hall–Kier alpha value is -0.750.